The number of piperazine rings is 1. The molecule has 0 radical (unpaired) electrons. The summed E-state index contributed by atoms with van der Waals surface area (Å²) in [4.78, 5) is 2.31. The van der Waals surface area contributed by atoms with Crippen molar-refractivity contribution in [1.29, 1.82) is 0 Å². The van der Waals surface area contributed by atoms with Crippen LogP contribution in [-0.2, 0) is 6.54 Å². The first-order valence-electron chi connectivity index (χ1n) is 7.20. The topological polar surface area (TPSA) is 15.3 Å². The van der Waals surface area contributed by atoms with Crippen molar-refractivity contribution in [3.05, 3.63) is 35.4 Å². The van der Waals surface area contributed by atoms with E-state index in [4.69, 9.17) is 0 Å². The van der Waals surface area contributed by atoms with Gasteiger partial charge in [-0.15, -0.1) is 0 Å². The molecule has 0 saturated carbocycles. The van der Waals surface area contributed by atoms with Crippen LogP contribution in [0.1, 0.15) is 39.7 Å². The van der Waals surface area contributed by atoms with Crippen molar-refractivity contribution in [3.63, 3.8) is 0 Å². The second-order valence-corrected chi connectivity index (χ2v) is 6.68. The van der Waals surface area contributed by atoms with Crippen LogP contribution < -0.4 is 5.32 Å². The molecule has 1 aliphatic rings. The van der Waals surface area contributed by atoms with E-state index in [-0.39, 0.29) is 11.1 Å². The summed E-state index contributed by atoms with van der Waals surface area (Å²) in [5.74, 6) is -0.982. The van der Waals surface area contributed by atoms with Crippen molar-refractivity contribution in [3.8, 4) is 0 Å². The van der Waals surface area contributed by atoms with Crippen molar-refractivity contribution in [1.82, 2.24) is 10.2 Å². The number of hydrogen-bond donors (Lipinski definition) is 1. The van der Waals surface area contributed by atoms with E-state index in [0.717, 1.165) is 25.6 Å². The van der Waals surface area contributed by atoms with E-state index < -0.39 is 11.6 Å². The molecule has 1 atom stereocenters. The first-order chi connectivity index (χ1) is 9.26. The molecule has 1 unspecified atom stereocenters. The SMILES string of the molecule is CCC1(C)CNC(C)(C)CN1Cc1ccc(F)cc1F. The average molecular weight is 282 g/mol. The number of benzene rings is 1. The van der Waals surface area contributed by atoms with E-state index in [2.05, 4.69) is 37.9 Å². The predicted molar refractivity (Wildman–Crippen MR) is 77.5 cm³/mol. The molecule has 4 heteroatoms. The molecule has 0 spiro atoms. The van der Waals surface area contributed by atoms with Gasteiger partial charge in [-0.25, -0.2) is 8.78 Å². The summed E-state index contributed by atoms with van der Waals surface area (Å²) in [5.41, 5.74) is 0.561. The summed E-state index contributed by atoms with van der Waals surface area (Å²) in [6.07, 6.45) is 0.985. The Bertz CT molecular complexity index is 487. The summed E-state index contributed by atoms with van der Waals surface area (Å²) < 4.78 is 26.9. The quantitative estimate of drug-likeness (QED) is 0.915. The van der Waals surface area contributed by atoms with Crippen molar-refractivity contribution in [2.75, 3.05) is 13.1 Å². The third-order valence-electron chi connectivity index (χ3n) is 4.44. The van der Waals surface area contributed by atoms with E-state index in [0.29, 0.717) is 12.1 Å². The fourth-order valence-electron chi connectivity index (χ4n) is 2.72. The highest BCUT2D eigenvalue weighted by Crippen LogP contribution is 2.29. The molecule has 0 aliphatic carbocycles. The van der Waals surface area contributed by atoms with Gasteiger partial charge in [-0.1, -0.05) is 13.0 Å². The van der Waals surface area contributed by atoms with Gasteiger partial charge in [0.2, 0.25) is 0 Å². The van der Waals surface area contributed by atoms with Crippen molar-refractivity contribution in [2.24, 2.45) is 0 Å². The van der Waals surface area contributed by atoms with Crippen LogP contribution >= 0.6 is 0 Å². The standard InChI is InChI=1S/C16H24F2N2/c1-5-16(4)10-19-15(2,3)11-20(16)9-12-6-7-13(17)8-14(12)18/h6-8,19H,5,9-11H2,1-4H3. The monoisotopic (exact) mass is 282 g/mol. The Morgan fingerprint density at radius 3 is 2.55 bits per heavy atom. The normalized spacial score (nSPS) is 26.7. The van der Waals surface area contributed by atoms with Crippen LogP contribution in [0.2, 0.25) is 0 Å². The molecule has 1 fully saturated rings. The molecule has 1 aliphatic heterocycles. The molecule has 1 aromatic carbocycles. The van der Waals surface area contributed by atoms with Crippen LogP contribution in [0.25, 0.3) is 0 Å². The number of hydrogen-bond acceptors (Lipinski definition) is 2. The fourth-order valence-corrected chi connectivity index (χ4v) is 2.72. The minimum Gasteiger partial charge on any atom is -0.309 e. The highest BCUT2D eigenvalue weighted by atomic mass is 19.1. The van der Waals surface area contributed by atoms with E-state index >= 15 is 0 Å². The Balaban J connectivity index is 2.23. The Morgan fingerprint density at radius 2 is 1.95 bits per heavy atom. The molecule has 0 bridgehead atoms. The van der Waals surface area contributed by atoms with E-state index in [9.17, 15) is 8.78 Å². The van der Waals surface area contributed by atoms with Crippen LogP contribution in [0.3, 0.4) is 0 Å². The molecule has 1 N–H and O–H groups in total. The third-order valence-corrected chi connectivity index (χ3v) is 4.44. The van der Waals surface area contributed by atoms with Gasteiger partial charge in [0.25, 0.3) is 0 Å². The molecule has 112 valence electrons. The largest absolute Gasteiger partial charge is 0.309 e. The highest BCUT2D eigenvalue weighted by molar-refractivity contribution is 5.19. The molecular formula is C16H24F2N2. The van der Waals surface area contributed by atoms with E-state index in [1.807, 2.05) is 0 Å². The smallest absolute Gasteiger partial charge is 0.130 e. The molecule has 1 aromatic rings. The summed E-state index contributed by atoms with van der Waals surface area (Å²) >= 11 is 0. The molecule has 2 rings (SSSR count). The lowest BCUT2D eigenvalue weighted by Gasteiger charge is -2.51. The first-order valence-corrected chi connectivity index (χ1v) is 7.20. The van der Waals surface area contributed by atoms with Gasteiger partial charge in [0, 0.05) is 42.3 Å². The minimum atomic E-state index is -0.523. The summed E-state index contributed by atoms with van der Waals surface area (Å²) in [5, 5.41) is 3.54. The third kappa shape index (κ3) is 3.18. The Hall–Kier alpha value is -1.00. The lowest BCUT2D eigenvalue weighted by atomic mass is 9.87. The zero-order valence-corrected chi connectivity index (χ0v) is 12.8. The number of nitrogens with zero attached hydrogens (tertiary/aromatic N) is 1. The highest BCUT2D eigenvalue weighted by Gasteiger charge is 2.39. The lowest BCUT2D eigenvalue weighted by molar-refractivity contribution is 0.0167. The maximum absolute atomic E-state index is 13.9. The minimum absolute atomic E-state index is 0.00362. The van der Waals surface area contributed by atoms with Crippen molar-refractivity contribution in [2.45, 2.75) is 51.7 Å². The van der Waals surface area contributed by atoms with Crippen molar-refractivity contribution >= 4 is 0 Å². The molecule has 1 saturated heterocycles. The van der Waals surface area contributed by atoms with Gasteiger partial charge in [-0.3, -0.25) is 4.90 Å². The van der Waals surface area contributed by atoms with Crippen LogP contribution in [0.15, 0.2) is 18.2 Å². The number of rotatable bonds is 3. The molecular weight excluding hydrogens is 258 g/mol. The zero-order valence-electron chi connectivity index (χ0n) is 12.8. The van der Waals surface area contributed by atoms with Crippen LogP contribution in [0.5, 0.6) is 0 Å². The van der Waals surface area contributed by atoms with E-state index in [1.54, 1.807) is 6.07 Å². The Labute approximate surface area is 120 Å². The lowest BCUT2D eigenvalue weighted by Crippen LogP contribution is -2.66. The Kier molecular flexibility index (Phi) is 4.17. The van der Waals surface area contributed by atoms with Gasteiger partial charge in [0.05, 0.1) is 0 Å². The second-order valence-electron chi connectivity index (χ2n) is 6.68. The molecule has 0 aromatic heterocycles. The van der Waals surface area contributed by atoms with E-state index in [1.165, 1.54) is 6.07 Å². The maximum atomic E-state index is 13.9. The summed E-state index contributed by atoms with van der Waals surface area (Å²) in [7, 11) is 0. The summed E-state index contributed by atoms with van der Waals surface area (Å²) in [6, 6.07) is 3.84. The van der Waals surface area contributed by atoms with Gasteiger partial charge in [0.15, 0.2) is 0 Å². The van der Waals surface area contributed by atoms with Gasteiger partial charge in [-0.2, -0.15) is 0 Å². The second kappa shape index (κ2) is 5.41. The van der Waals surface area contributed by atoms with Gasteiger partial charge < -0.3 is 5.32 Å². The molecule has 1 heterocycles. The number of halogens is 2. The maximum Gasteiger partial charge on any atom is 0.130 e. The average Bonchev–Trinajstić information content (AvgIpc) is 2.37. The predicted octanol–water partition coefficient (Wildman–Crippen LogP) is 3.32. The van der Waals surface area contributed by atoms with Gasteiger partial charge in [0.1, 0.15) is 11.6 Å². The molecule has 2 nitrogen and oxygen atoms in total. The first kappa shape index (κ1) is 15.4. The summed E-state index contributed by atoms with van der Waals surface area (Å²) in [6.45, 7) is 10.9. The fraction of sp³-hybridized carbons (Fsp3) is 0.625. The van der Waals surface area contributed by atoms with Crippen LogP contribution in [-0.4, -0.2) is 29.1 Å². The number of nitrogens with one attached hydrogen (secondary N) is 1. The van der Waals surface area contributed by atoms with Gasteiger partial charge in [-0.05, 0) is 33.3 Å². The Morgan fingerprint density at radius 1 is 1.25 bits per heavy atom. The molecule has 20 heavy (non-hydrogen) atoms. The van der Waals surface area contributed by atoms with Crippen LogP contribution in [0, 0.1) is 11.6 Å². The van der Waals surface area contributed by atoms with Gasteiger partial charge >= 0.3 is 0 Å². The van der Waals surface area contributed by atoms with Crippen molar-refractivity contribution < 1.29 is 8.78 Å². The van der Waals surface area contributed by atoms with Crippen LogP contribution in [0.4, 0.5) is 8.78 Å². The zero-order chi connectivity index (χ0) is 15.0. The molecule has 0 amide bonds.